The number of ether oxygens (including phenoxy) is 1. The first kappa shape index (κ1) is 17.1. The highest BCUT2D eigenvalue weighted by Gasteiger charge is 2.18. The topological polar surface area (TPSA) is 55.4 Å². The van der Waals surface area contributed by atoms with Gasteiger partial charge in [0.15, 0.2) is 5.78 Å². The Kier molecular flexibility index (Phi) is 5.88. The standard InChI is InChI=1S/C16H22FNO3/c1-11(9-10-18-15(20)21-16(2,3)4)14(19)12-5-7-13(17)8-6-12/h5-8,11H,9-10H2,1-4H3,(H,18,20). The molecule has 0 saturated carbocycles. The van der Waals surface area contributed by atoms with Crippen LogP contribution in [0.2, 0.25) is 0 Å². The van der Waals surface area contributed by atoms with E-state index in [4.69, 9.17) is 4.74 Å². The van der Waals surface area contributed by atoms with Gasteiger partial charge in [-0.25, -0.2) is 9.18 Å². The lowest BCUT2D eigenvalue weighted by molar-refractivity contribution is 0.0523. The predicted octanol–water partition coefficient (Wildman–Crippen LogP) is 3.56. The van der Waals surface area contributed by atoms with Crippen molar-refractivity contribution in [2.45, 2.75) is 39.7 Å². The average molecular weight is 295 g/mol. The summed E-state index contributed by atoms with van der Waals surface area (Å²) in [5.74, 6) is -0.697. The highest BCUT2D eigenvalue weighted by atomic mass is 19.1. The molecule has 21 heavy (non-hydrogen) atoms. The molecule has 4 nitrogen and oxygen atoms in total. The molecule has 0 radical (unpaired) electrons. The lowest BCUT2D eigenvalue weighted by atomic mass is 9.96. The van der Waals surface area contributed by atoms with Gasteiger partial charge in [0.1, 0.15) is 11.4 Å². The van der Waals surface area contributed by atoms with Crippen molar-refractivity contribution >= 4 is 11.9 Å². The Morgan fingerprint density at radius 2 is 1.81 bits per heavy atom. The minimum absolute atomic E-state index is 0.0685. The fourth-order valence-electron chi connectivity index (χ4n) is 1.73. The molecular formula is C16H22FNO3. The summed E-state index contributed by atoms with van der Waals surface area (Å²) in [6.07, 6.45) is -0.000871. The van der Waals surface area contributed by atoms with Gasteiger partial charge >= 0.3 is 6.09 Å². The van der Waals surface area contributed by atoms with Gasteiger partial charge in [-0.1, -0.05) is 6.92 Å². The third kappa shape index (κ3) is 6.38. The number of amides is 1. The molecule has 1 atom stereocenters. The number of alkyl carbamates (subject to hydrolysis) is 1. The number of carbonyl (C=O) groups is 2. The second-order valence-corrected chi connectivity index (χ2v) is 5.99. The molecule has 1 aromatic rings. The summed E-state index contributed by atoms with van der Waals surface area (Å²) < 4.78 is 17.9. The van der Waals surface area contributed by atoms with Crippen LogP contribution in [-0.4, -0.2) is 24.0 Å². The zero-order valence-corrected chi connectivity index (χ0v) is 12.9. The van der Waals surface area contributed by atoms with Crippen LogP contribution in [0.1, 0.15) is 44.5 Å². The van der Waals surface area contributed by atoms with Crippen molar-refractivity contribution in [2.24, 2.45) is 5.92 Å². The van der Waals surface area contributed by atoms with E-state index < -0.39 is 11.7 Å². The van der Waals surface area contributed by atoms with Gasteiger partial charge in [-0.2, -0.15) is 0 Å². The van der Waals surface area contributed by atoms with Crippen LogP contribution in [0.4, 0.5) is 9.18 Å². The summed E-state index contributed by atoms with van der Waals surface area (Å²) in [6.45, 7) is 7.49. The Balaban J connectivity index is 2.40. The van der Waals surface area contributed by atoms with Gasteiger partial charge in [0.05, 0.1) is 0 Å². The number of ketones is 1. The fraction of sp³-hybridized carbons (Fsp3) is 0.500. The van der Waals surface area contributed by atoms with Crippen molar-refractivity contribution in [1.29, 1.82) is 0 Å². The number of carbonyl (C=O) groups excluding carboxylic acids is 2. The molecule has 5 heteroatoms. The van der Waals surface area contributed by atoms with Gasteiger partial charge in [0.25, 0.3) is 0 Å². The van der Waals surface area contributed by atoms with Crippen LogP contribution in [0.3, 0.4) is 0 Å². The first-order chi connectivity index (χ1) is 9.69. The van der Waals surface area contributed by atoms with Crippen molar-refractivity contribution < 1.29 is 18.7 Å². The maximum absolute atomic E-state index is 12.8. The Labute approximate surface area is 124 Å². The summed E-state index contributed by atoms with van der Waals surface area (Å²) in [5, 5.41) is 2.61. The largest absolute Gasteiger partial charge is 0.444 e. The van der Waals surface area contributed by atoms with E-state index >= 15 is 0 Å². The number of hydrogen-bond donors (Lipinski definition) is 1. The van der Waals surface area contributed by atoms with E-state index in [0.717, 1.165) is 0 Å². The highest BCUT2D eigenvalue weighted by Crippen LogP contribution is 2.13. The minimum atomic E-state index is -0.542. The zero-order valence-electron chi connectivity index (χ0n) is 12.9. The monoisotopic (exact) mass is 295 g/mol. The zero-order chi connectivity index (χ0) is 16.0. The Morgan fingerprint density at radius 1 is 1.24 bits per heavy atom. The van der Waals surface area contributed by atoms with Gasteiger partial charge in [-0.05, 0) is 51.5 Å². The molecule has 1 amide bonds. The molecule has 1 rings (SSSR count). The highest BCUT2D eigenvalue weighted by molar-refractivity contribution is 5.97. The second-order valence-electron chi connectivity index (χ2n) is 5.99. The van der Waals surface area contributed by atoms with Crippen LogP contribution in [0.5, 0.6) is 0 Å². The van der Waals surface area contributed by atoms with Crippen LogP contribution in [0.15, 0.2) is 24.3 Å². The van der Waals surface area contributed by atoms with E-state index in [1.54, 1.807) is 27.7 Å². The Hall–Kier alpha value is -1.91. The van der Waals surface area contributed by atoms with E-state index in [-0.39, 0.29) is 17.5 Å². The molecule has 1 N–H and O–H groups in total. The van der Waals surface area contributed by atoms with Crippen LogP contribution >= 0.6 is 0 Å². The molecule has 0 fully saturated rings. The number of nitrogens with one attached hydrogen (secondary N) is 1. The Bertz CT molecular complexity index is 491. The number of halogens is 1. The smallest absolute Gasteiger partial charge is 0.407 e. The normalized spacial score (nSPS) is 12.6. The van der Waals surface area contributed by atoms with Crippen molar-refractivity contribution in [3.05, 3.63) is 35.6 Å². The van der Waals surface area contributed by atoms with Crippen molar-refractivity contribution in [1.82, 2.24) is 5.32 Å². The molecule has 0 aromatic heterocycles. The third-order valence-corrected chi connectivity index (χ3v) is 2.82. The second kappa shape index (κ2) is 7.20. The molecule has 0 aliphatic heterocycles. The molecule has 0 aliphatic carbocycles. The third-order valence-electron chi connectivity index (χ3n) is 2.82. The maximum Gasteiger partial charge on any atom is 0.407 e. The van der Waals surface area contributed by atoms with E-state index in [9.17, 15) is 14.0 Å². The fourth-order valence-corrected chi connectivity index (χ4v) is 1.73. The maximum atomic E-state index is 12.8. The summed E-state index contributed by atoms with van der Waals surface area (Å²) in [4.78, 5) is 23.6. The van der Waals surface area contributed by atoms with Crippen molar-refractivity contribution in [2.75, 3.05) is 6.54 Å². The molecule has 0 spiro atoms. The average Bonchev–Trinajstić information content (AvgIpc) is 2.36. The SMILES string of the molecule is CC(CCNC(=O)OC(C)(C)C)C(=O)c1ccc(F)cc1. The molecule has 0 saturated heterocycles. The van der Waals surface area contributed by atoms with E-state index in [1.165, 1.54) is 24.3 Å². The van der Waals surface area contributed by atoms with Crippen LogP contribution in [0, 0.1) is 11.7 Å². The Morgan fingerprint density at radius 3 is 2.33 bits per heavy atom. The van der Waals surface area contributed by atoms with Crippen molar-refractivity contribution in [3.8, 4) is 0 Å². The molecular weight excluding hydrogens is 273 g/mol. The van der Waals surface area contributed by atoms with Crippen LogP contribution in [-0.2, 0) is 4.74 Å². The first-order valence-corrected chi connectivity index (χ1v) is 6.95. The number of hydrogen-bond acceptors (Lipinski definition) is 3. The van der Waals surface area contributed by atoms with Gasteiger partial charge < -0.3 is 10.1 Å². The van der Waals surface area contributed by atoms with E-state index in [1.807, 2.05) is 0 Å². The lowest BCUT2D eigenvalue weighted by Crippen LogP contribution is -2.33. The quantitative estimate of drug-likeness (QED) is 0.845. The first-order valence-electron chi connectivity index (χ1n) is 6.95. The molecule has 1 aromatic carbocycles. The molecule has 0 heterocycles. The van der Waals surface area contributed by atoms with Crippen molar-refractivity contribution in [3.63, 3.8) is 0 Å². The van der Waals surface area contributed by atoms with E-state index in [2.05, 4.69) is 5.32 Å². The molecule has 1 unspecified atom stereocenters. The molecule has 0 aliphatic rings. The minimum Gasteiger partial charge on any atom is -0.444 e. The molecule has 0 bridgehead atoms. The van der Waals surface area contributed by atoms with E-state index in [0.29, 0.717) is 18.5 Å². The van der Waals surface area contributed by atoms with Gasteiger partial charge in [-0.3, -0.25) is 4.79 Å². The van der Waals surface area contributed by atoms with Crippen LogP contribution < -0.4 is 5.32 Å². The number of rotatable bonds is 5. The lowest BCUT2D eigenvalue weighted by Gasteiger charge is -2.20. The van der Waals surface area contributed by atoms with Crippen LogP contribution in [0.25, 0.3) is 0 Å². The van der Waals surface area contributed by atoms with Gasteiger partial charge in [0, 0.05) is 18.0 Å². The number of benzene rings is 1. The summed E-state index contributed by atoms with van der Waals surface area (Å²) in [6, 6.07) is 5.46. The molecule has 116 valence electrons. The summed E-state index contributed by atoms with van der Waals surface area (Å²) in [7, 11) is 0. The van der Waals surface area contributed by atoms with Gasteiger partial charge in [0.2, 0.25) is 0 Å². The summed E-state index contributed by atoms with van der Waals surface area (Å²) >= 11 is 0. The van der Waals surface area contributed by atoms with Gasteiger partial charge in [-0.15, -0.1) is 0 Å². The summed E-state index contributed by atoms with van der Waals surface area (Å²) in [5.41, 5.74) is -0.0687. The number of Topliss-reactive ketones (excluding diaryl/α,β-unsaturated/α-hetero) is 1. The predicted molar refractivity (Wildman–Crippen MR) is 78.7 cm³/mol.